The third-order valence-electron chi connectivity index (χ3n) is 3.22. The summed E-state index contributed by atoms with van der Waals surface area (Å²) in [7, 11) is 0. The molecule has 0 saturated heterocycles. The van der Waals surface area contributed by atoms with Crippen LogP contribution in [0.4, 0.5) is 17.1 Å². The largest absolute Gasteiger partial charge is 0.366 e. The number of hydrogen-bond acceptors (Lipinski definition) is 5. The van der Waals surface area contributed by atoms with Crippen LogP contribution in [-0.2, 0) is 0 Å². The van der Waals surface area contributed by atoms with Gasteiger partial charge in [0.1, 0.15) is 5.69 Å². The molecule has 8 heteroatoms. The molecule has 0 aromatic heterocycles. The molecule has 2 aromatic carbocycles. The summed E-state index contributed by atoms with van der Waals surface area (Å²) < 4.78 is 0. The smallest absolute Gasteiger partial charge is 0.293 e. The van der Waals surface area contributed by atoms with Gasteiger partial charge in [0.25, 0.3) is 11.6 Å². The van der Waals surface area contributed by atoms with Crippen molar-refractivity contribution >= 4 is 28.9 Å². The number of nitrogens with zero attached hydrogens (tertiary/aromatic N) is 1. The topological polar surface area (TPSA) is 127 Å². The first-order chi connectivity index (χ1) is 11.4. The van der Waals surface area contributed by atoms with Crippen molar-refractivity contribution in [3.05, 3.63) is 63.7 Å². The second-order valence-corrected chi connectivity index (χ2v) is 4.92. The molecule has 0 saturated carbocycles. The molecule has 8 nitrogen and oxygen atoms in total. The van der Waals surface area contributed by atoms with Crippen molar-refractivity contribution in [3.63, 3.8) is 0 Å². The minimum atomic E-state index is -0.747. The zero-order valence-electron chi connectivity index (χ0n) is 12.9. The van der Waals surface area contributed by atoms with Gasteiger partial charge in [-0.3, -0.25) is 19.7 Å². The Morgan fingerprint density at radius 1 is 1.17 bits per heavy atom. The number of anilines is 2. The van der Waals surface area contributed by atoms with Crippen molar-refractivity contribution in [2.24, 2.45) is 5.73 Å². The number of amides is 2. The summed E-state index contributed by atoms with van der Waals surface area (Å²) >= 11 is 0. The van der Waals surface area contributed by atoms with Gasteiger partial charge in [-0.25, -0.2) is 0 Å². The molecule has 24 heavy (non-hydrogen) atoms. The van der Waals surface area contributed by atoms with E-state index in [0.29, 0.717) is 17.8 Å². The molecule has 0 radical (unpaired) electrons. The fourth-order valence-corrected chi connectivity index (χ4v) is 2.10. The monoisotopic (exact) mass is 328 g/mol. The molecule has 0 fully saturated rings. The number of carbonyl (C=O) groups excluding carboxylic acids is 2. The second kappa shape index (κ2) is 7.23. The molecule has 0 aliphatic carbocycles. The molecule has 124 valence electrons. The lowest BCUT2D eigenvalue weighted by molar-refractivity contribution is -0.383. The maximum atomic E-state index is 11.8. The first-order valence-corrected chi connectivity index (χ1v) is 7.16. The van der Waals surface area contributed by atoms with Crippen LogP contribution in [0.3, 0.4) is 0 Å². The minimum absolute atomic E-state index is 0.0447. The van der Waals surface area contributed by atoms with Crippen molar-refractivity contribution in [2.45, 2.75) is 6.92 Å². The normalized spacial score (nSPS) is 10.0. The summed E-state index contributed by atoms with van der Waals surface area (Å²) in [6.45, 7) is 2.31. The van der Waals surface area contributed by atoms with Gasteiger partial charge in [0.2, 0.25) is 5.91 Å². The molecule has 2 aromatic rings. The summed E-state index contributed by atoms with van der Waals surface area (Å²) in [6.07, 6.45) is 0. The van der Waals surface area contributed by atoms with Crippen molar-refractivity contribution in [3.8, 4) is 0 Å². The standard InChI is InChI=1S/C16H16N4O4/c1-2-18-16(22)11-4-3-5-12(8-11)19-13-7-6-10(15(17)21)9-14(13)20(23)24/h3-9,19H,2H2,1H3,(H2,17,21)(H,18,22). The minimum Gasteiger partial charge on any atom is -0.366 e. The number of hydrogen-bond donors (Lipinski definition) is 3. The number of nitrogens with two attached hydrogens (primary N) is 1. The highest BCUT2D eigenvalue weighted by atomic mass is 16.6. The Morgan fingerprint density at radius 2 is 1.92 bits per heavy atom. The molecule has 0 unspecified atom stereocenters. The maximum Gasteiger partial charge on any atom is 0.293 e. The summed E-state index contributed by atoms with van der Waals surface area (Å²) in [6, 6.07) is 10.5. The predicted molar refractivity (Wildman–Crippen MR) is 89.3 cm³/mol. The van der Waals surface area contributed by atoms with Gasteiger partial charge in [-0.05, 0) is 37.3 Å². The Balaban J connectivity index is 2.34. The first-order valence-electron chi connectivity index (χ1n) is 7.16. The molecular weight excluding hydrogens is 312 g/mol. The fraction of sp³-hybridized carbons (Fsp3) is 0.125. The van der Waals surface area contributed by atoms with E-state index >= 15 is 0 Å². The zero-order valence-corrected chi connectivity index (χ0v) is 12.9. The van der Waals surface area contributed by atoms with Gasteiger partial charge in [-0.1, -0.05) is 6.07 Å². The van der Waals surface area contributed by atoms with Gasteiger partial charge in [0.15, 0.2) is 0 Å². The van der Waals surface area contributed by atoms with Gasteiger partial charge in [0, 0.05) is 29.4 Å². The van der Waals surface area contributed by atoms with Crippen LogP contribution in [0.1, 0.15) is 27.6 Å². The lowest BCUT2D eigenvalue weighted by atomic mass is 10.1. The van der Waals surface area contributed by atoms with Crippen LogP contribution in [0.25, 0.3) is 0 Å². The zero-order chi connectivity index (χ0) is 17.7. The van der Waals surface area contributed by atoms with Crippen LogP contribution in [-0.4, -0.2) is 23.3 Å². The number of primary amides is 1. The highest BCUT2D eigenvalue weighted by Crippen LogP contribution is 2.29. The van der Waals surface area contributed by atoms with E-state index < -0.39 is 10.8 Å². The average Bonchev–Trinajstić information content (AvgIpc) is 2.55. The Kier molecular flexibility index (Phi) is 5.10. The van der Waals surface area contributed by atoms with E-state index in [2.05, 4.69) is 10.6 Å². The summed E-state index contributed by atoms with van der Waals surface area (Å²) in [5, 5.41) is 16.8. The van der Waals surface area contributed by atoms with Crippen molar-refractivity contribution in [1.82, 2.24) is 5.32 Å². The van der Waals surface area contributed by atoms with E-state index in [1.54, 1.807) is 24.3 Å². The van der Waals surface area contributed by atoms with Crippen LogP contribution < -0.4 is 16.4 Å². The quantitative estimate of drug-likeness (QED) is 0.553. The molecule has 2 amide bonds. The molecule has 0 aliphatic heterocycles. The van der Waals surface area contributed by atoms with Crippen LogP contribution in [0.2, 0.25) is 0 Å². The number of nitro groups is 1. The number of nitro benzene ring substituents is 1. The second-order valence-electron chi connectivity index (χ2n) is 4.92. The van der Waals surface area contributed by atoms with E-state index in [0.717, 1.165) is 6.07 Å². The van der Waals surface area contributed by atoms with Gasteiger partial charge in [0.05, 0.1) is 4.92 Å². The number of nitrogens with one attached hydrogen (secondary N) is 2. The van der Waals surface area contributed by atoms with E-state index in [1.807, 2.05) is 6.92 Å². The third kappa shape index (κ3) is 3.86. The van der Waals surface area contributed by atoms with E-state index in [-0.39, 0.29) is 22.8 Å². The van der Waals surface area contributed by atoms with Gasteiger partial charge in [-0.15, -0.1) is 0 Å². The van der Waals surface area contributed by atoms with Crippen molar-refractivity contribution in [1.29, 1.82) is 0 Å². The van der Waals surface area contributed by atoms with Gasteiger partial charge in [-0.2, -0.15) is 0 Å². The average molecular weight is 328 g/mol. The first kappa shape index (κ1) is 16.9. The van der Waals surface area contributed by atoms with Crippen LogP contribution in [0, 0.1) is 10.1 Å². The van der Waals surface area contributed by atoms with Crippen molar-refractivity contribution in [2.75, 3.05) is 11.9 Å². The summed E-state index contributed by atoms with van der Waals surface area (Å²) in [5.41, 5.74) is 6.03. The van der Waals surface area contributed by atoms with E-state index in [4.69, 9.17) is 5.73 Å². The summed E-state index contributed by atoms with van der Waals surface area (Å²) in [5.74, 6) is -0.984. The fourth-order valence-electron chi connectivity index (χ4n) is 2.10. The molecule has 0 aliphatic rings. The molecule has 4 N–H and O–H groups in total. The molecular formula is C16H16N4O4. The van der Waals surface area contributed by atoms with Gasteiger partial charge >= 0.3 is 0 Å². The Hall–Kier alpha value is -3.42. The third-order valence-corrected chi connectivity index (χ3v) is 3.22. The van der Waals surface area contributed by atoms with Gasteiger partial charge < -0.3 is 16.4 Å². The number of benzene rings is 2. The lowest BCUT2D eigenvalue weighted by Gasteiger charge is -2.09. The van der Waals surface area contributed by atoms with Crippen LogP contribution in [0.5, 0.6) is 0 Å². The molecule has 2 rings (SSSR count). The predicted octanol–water partition coefficient (Wildman–Crippen LogP) is 2.19. The molecule has 0 heterocycles. The Morgan fingerprint density at radius 3 is 2.54 bits per heavy atom. The highest BCUT2D eigenvalue weighted by molar-refractivity contribution is 5.96. The number of carbonyl (C=O) groups is 2. The van der Waals surface area contributed by atoms with Crippen LogP contribution >= 0.6 is 0 Å². The highest BCUT2D eigenvalue weighted by Gasteiger charge is 2.17. The number of rotatable bonds is 6. The maximum absolute atomic E-state index is 11.8. The Labute approximate surface area is 137 Å². The Bertz CT molecular complexity index is 804. The SMILES string of the molecule is CCNC(=O)c1cccc(Nc2ccc(C(N)=O)cc2[N+](=O)[O-])c1. The molecule has 0 spiro atoms. The van der Waals surface area contributed by atoms with E-state index in [9.17, 15) is 19.7 Å². The molecule has 0 bridgehead atoms. The summed E-state index contributed by atoms with van der Waals surface area (Å²) in [4.78, 5) is 33.6. The van der Waals surface area contributed by atoms with Crippen molar-refractivity contribution < 1.29 is 14.5 Å². The van der Waals surface area contributed by atoms with Crippen LogP contribution in [0.15, 0.2) is 42.5 Å². The molecule has 0 atom stereocenters. The lowest BCUT2D eigenvalue weighted by Crippen LogP contribution is -2.22. The van der Waals surface area contributed by atoms with E-state index in [1.165, 1.54) is 12.1 Å².